The molecule has 0 saturated heterocycles. The number of carbonyl (C=O) groups excluding carboxylic acids is 1. The Bertz CT molecular complexity index is 882. The fourth-order valence-corrected chi connectivity index (χ4v) is 2.36. The number of ether oxygens (including phenoxy) is 1. The highest BCUT2D eigenvalue weighted by Crippen LogP contribution is 2.27. The van der Waals surface area contributed by atoms with Crippen molar-refractivity contribution in [3.63, 3.8) is 0 Å². The fourth-order valence-electron chi connectivity index (χ4n) is 2.36. The number of hydrogen-bond donors (Lipinski definition) is 2. The zero-order valence-corrected chi connectivity index (χ0v) is 15.2. The molecule has 0 unspecified atom stereocenters. The van der Waals surface area contributed by atoms with E-state index in [0.717, 1.165) is 17.0 Å². The van der Waals surface area contributed by atoms with Gasteiger partial charge in [0.05, 0.1) is 11.8 Å². The van der Waals surface area contributed by atoms with Gasteiger partial charge in [-0.25, -0.2) is 0 Å². The van der Waals surface area contributed by atoms with E-state index in [1.165, 1.54) is 0 Å². The predicted octanol–water partition coefficient (Wildman–Crippen LogP) is 3.33. The van der Waals surface area contributed by atoms with Gasteiger partial charge in [0.25, 0.3) is 5.91 Å². The smallest absolute Gasteiger partial charge is 0.272 e. The molecule has 0 spiro atoms. The number of nitrogens with one attached hydrogen (secondary N) is 2. The minimum absolute atomic E-state index is 0.0606. The van der Waals surface area contributed by atoms with Gasteiger partial charge < -0.3 is 15.4 Å². The third-order valence-corrected chi connectivity index (χ3v) is 3.61. The van der Waals surface area contributed by atoms with Crippen LogP contribution in [0.2, 0.25) is 0 Å². The van der Waals surface area contributed by atoms with E-state index in [9.17, 15) is 4.79 Å². The lowest BCUT2D eigenvalue weighted by molar-refractivity contribution is 0.0945. The van der Waals surface area contributed by atoms with Crippen molar-refractivity contribution >= 4 is 17.4 Å². The number of para-hydroxylation sites is 2. The van der Waals surface area contributed by atoms with Crippen molar-refractivity contribution in [1.29, 1.82) is 0 Å². The molecular weight excluding hydrogens is 342 g/mol. The van der Waals surface area contributed by atoms with Gasteiger partial charge in [0.1, 0.15) is 5.75 Å². The van der Waals surface area contributed by atoms with Crippen LogP contribution in [0.15, 0.2) is 60.9 Å². The molecule has 27 heavy (non-hydrogen) atoms. The lowest BCUT2D eigenvalue weighted by atomic mass is 10.2. The van der Waals surface area contributed by atoms with E-state index in [2.05, 4.69) is 25.8 Å². The van der Waals surface area contributed by atoms with E-state index in [1.807, 2.05) is 50.2 Å². The number of pyridine rings is 1. The summed E-state index contributed by atoms with van der Waals surface area (Å²) in [5.41, 5.74) is 2.00. The molecule has 0 atom stereocenters. The largest absolute Gasteiger partial charge is 0.489 e. The van der Waals surface area contributed by atoms with E-state index in [0.29, 0.717) is 12.4 Å². The maximum atomic E-state index is 12.2. The summed E-state index contributed by atoms with van der Waals surface area (Å²) in [4.78, 5) is 16.1. The second kappa shape index (κ2) is 8.75. The van der Waals surface area contributed by atoms with Gasteiger partial charge in [-0.05, 0) is 55.8 Å². The summed E-state index contributed by atoms with van der Waals surface area (Å²) in [5.74, 6) is 0.975. The summed E-state index contributed by atoms with van der Waals surface area (Å²) in [6, 6.07) is 14.6. The van der Waals surface area contributed by atoms with Crippen LogP contribution in [0.3, 0.4) is 0 Å². The van der Waals surface area contributed by atoms with E-state index in [1.54, 1.807) is 24.5 Å². The Hall–Kier alpha value is -3.48. The van der Waals surface area contributed by atoms with Crippen molar-refractivity contribution in [3.8, 4) is 5.75 Å². The van der Waals surface area contributed by atoms with Crippen LogP contribution >= 0.6 is 0 Å². The van der Waals surface area contributed by atoms with Gasteiger partial charge in [0.15, 0.2) is 11.5 Å². The lowest BCUT2D eigenvalue weighted by Crippen LogP contribution is -2.24. The Morgan fingerprint density at radius 2 is 1.81 bits per heavy atom. The van der Waals surface area contributed by atoms with Gasteiger partial charge in [-0.2, -0.15) is 0 Å². The van der Waals surface area contributed by atoms with Gasteiger partial charge >= 0.3 is 0 Å². The number of anilines is 2. The van der Waals surface area contributed by atoms with Crippen molar-refractivity contribution in [2.24, 2.45) is 0 Å². The number of nitrogens with zero attached hydrogens (tertiary/aromatic N) is 3. The Balaban J connectivity index is 1.63. The van der Waals surface area contributed by atoms with Crippen LogP contribution < -0.4 is 15.4 Å². The Kier molecular flexibility index (Phi) is 5.94. The zero-order chi connectivity index (χ0) is 19.1. The Morgan fingerprint density at radius 3 is 2.52 bits per heavy atom. The number of hydrogen-bond acceptors (Lipinski definition) is 6. The van der Waals surface area contributed by atoms with Crippen molar-refractivity contribution in [2.45, 2.75) is 26.5 Å². The molecule has 0 saturated carbocycles. The molecule has 2 heterocycles. The second-order valence-corrected chi connectivity index (χ2v) is 6.13. The topological polar surface area (TPSA) is 89.0 Å². The van der Waals surface area contributed by atoms with Gasteiger partial charge in [0, 0.05) is 18.9 Å². The first kappa shape index (κ1) is 18.3. The van der Waals surface area contributed by atoms with E-state index < -0.39 is 0 Å². The first-order valence-corrected chi connectivity index (χ1v) is 8.65. The van der Waals surface area contributed by atoms with Crippen LogP contribution in [0.1, 0.15) is 29.9 Å². The normalized spacial score (nSPS) is 10.5. The van der Waals surface area contributed by atoms with Crippen LogP contribution in [0, 0.1) is 0 Å². The average Bonchev–Trinajstić information content (AvgIpc) is 2.69. The highest BCUT2D eigenvalue weighted by molar-refractivity contribution is 5.92. The second-order valence-electron chi connectivity index (χ2n) is 6.13. The molecule has 1 aromatic carbocycles. The van der Waals surface area contributed by atoms with E-state index in [-0.39, 0.29) is 17.7 Å². The maximum absolute atomic E-state index is 12.2. The quantitative estimate of drug-likeness (QED) is 0.669. The molecule has 0 aliphatic heterocycles. The minimum atomic E-state index is -0.283. The van der Waals surface area contributed by atoms with Crippen molar-refractivity contribution < 1.29 is 9.53 Å². The van der Waals surface area contributed by atoms with Crippen LogP contribution in [-0.2, 0) is 6.54 Å². The molecule has 7 nitrogen and oxygen atoms in total. The number of benzene rings is 1. The molecule has 2 aromatic heterocycles. The van der Waals surface area contributed by atoms with Gasteiger partial charge in [-0.15, -0.1) is 10.2 Å². The van der Waals surface area contributed by atoms with Crippen LogP contribution in [-0.4, -0.2) is 27.2 Å². The summed E-state index contributed by atoms with van der Waals surface area (Å²) < 4.78 is 5.77. The number of rotatable bonds is 7. The Morgan fingerprint density at radius 1 is 1.04 bits per heavy atom. The highest BCUT2D eigenvalue weighted by atomic mass is 16.5. The molecule has 0 radical (unpaired) electrons. The maximum Gasteiger partial charge on any atom is 0.272 e. The van der Waals surface area contributed by atoms with Crippen LogP contribution in [0.5, 0.6) is 5.75 Å². The summed E-state index contributed by atoms with van der Waals surface area (Å²) in [6.45, 7) is 4.34. The summed E-state index contributed by atoms with van der Waals surface area (Å²) in [6.07, 6.45) is 3.43. The molecule has 0 fully saturated rings. The molecule has 138 valence electrons. The summed E-state index contributed by atoms with van der Waals surface area (Å²) >= 11 is 0. The molecular formula is C20H21N5O2. The third-order valence-electron chi connectivity index (χ3n) is 3.61. The molecule has 7 heteroatoms. The molecule has 0 bridgehead atoms. The number of aromatic nitrogens is 3. The van der Waals surface area contributed by atoms with Crippen molar-refractivity contribution in [3.05, 3.63) is 72.2 Å². The minimum Gasteiger partial charge on any atom is -0.489 e. The monoisotopic (exact) mass is 363 g/mol. The standard InChI is InChI=1S/C20H21N5O2/c1-14(2)27-18-6-4-3-5-16(18)23-19-8-7-17(24-25-19)20(26)22-13-15-9-11-21-12-10-15/h3-12,14H,13H2,1-2H3,(H,22,26)(H,23,25). The van der Waals surface area contributed by atoms with Crippen molar-refractivity contribution in [1.82, 2.24) is 20.5 Å². The highest BCUT2D eigenvalue weighted by Gasteiger charge is 2.10. The van der Waals surface area contributed by atoms with E-state index in [4.69, 9.17) is 4.74 Å². The first-order chi connectivity index (χ1) is 13.1. The first-order valence-electron chi connectivity index (χ1n) is 8.65. The molecule has 0 aliphatic rings. The van der Waals surface area contributed by atoms with Gasteiger partial charge in [0.2, 0.25) is 0 Å². The average molecular weight is 363 g/mol. The predicted molar refractivity (Wildman–Crippen MR) is 103 cm³/mol. The van der Waals surface area contributed by atoms with Crippen LogP contribution in [0.4, 0.5) is 11.5 Å². The van der Waals surface area contributed by atoms with Gasteiger partial charge in [-0.3, -0.25) is 9.78 Å². The fraction of sp³-hybridized carbons (Fsp3) is 0.200. The number of carbonyl (C=O) groups is 1. The Labute approximate surface area is 157 Å². The number of amides is 1. The summed E-state index contributed by atoms with van der Waals surface area (Å²) in [7, 11) is 0. The molecule has 0 aliphatic carbocycles. The molecule has 2 N–H and O–H groups in total. The van der Waals surface area contributed by atoms with Crippen molar-refractivity contribution in [2.75, 3.05) is 5.32 Å². The lowest BCUT2D eigenvalue weighted by Gasteiger charge is -2.14. The zero-order valence-electron chi connectivity index (χ0n) is 15.2. The molecule has 1 amide bonds. The third kappa shape index (κ3) is 5.24. The van der Waals surface area contributed by atoms with Crippen LogP contribution in [0.25, 0.3) is 0 Å². The molecule has 3 aromatic rings. The molecule has 3 rings (SSSR count). The SMILES string of the molecule is CC(C)Oc1ccccc1Nc1ccc(C(=O)NCc2ccncc2)nn1. The van der Waals surface area contributed by atoms with Gasteiger partial charge in [-0.1, -0.05) is 12.1 Å². The van der Waals surface area contributed by atoms with E-state index >= 15 is 0 Å². The summed E-state index contributed by atoms with van der Waals surface area (Å²) in [5, 5.41) is 14.1.